The van der Waals surface area contributed by atoms with Crippen LogP contribution in [0.25, 0.3) is 0 Å². The smallest absolute Gasteiger partial charge is 0.330 e. The van der Waals surface area contributed by atoms with E-state index in [-0.39, 0.29) is 18.4 Å². The van der Waals surface area contributed by atoms with E-state index in [0.717, 1.165) is 24.1 Å². The summed E-state index contributed by atoms with van der Waals surface area (Å²) in [6.45, 7) is 15.1. The summed E-state index contributed by atoms with van der Waals surface area (Å²) in [5.41, 5.74) is 0. The van der Waals surface area contributed by atoms with Crippen LogP contribution in [0.5, 0.6) is 0 Å². The van der Waals surface area contributed by atoms with Crippen LogP contribution < -0.4 is 12.4 Å². The number of likely N-dealkylation sites (N-methyl/N-ethyl adjacent to an activating group) is 1. The maximum absolute atomic E-state index is 11.3. The molecule has 0 rings (SSSR count). The Labute approximate surface area is 226 Å². The SMILES string of the molecule is C=CC(=O)OCC[N+](CC)(CC)CCCCCCCCCCCCCCCCCCCCCC.[Cl-]. The summed E-state index contributed by atoms with van der Waals surface area (Å²) < 4.78 is 6.28. The summed E-state index contributed by atoms with van der Waals surface area (Å²) in [7, 11) is 0. The van der Waals surface area contributed by atoms with E-state index >= 15 is 0 Å². The zero-order chi connectivity index (χ0) is 25.2. The van der Waals surface area contributed by atoms with Gasteiger partial charge in [0.2, 0.25) is 0 Å². The summed E-state index contributed by atoms with van der Waals surface area (Å²) in [5, 5.41) is 0. The number of nitrogens with zero attached hydrogens (tertiary/aromatic N) is 1. The lowest BCUT2D eigenvalue weighted by molar-refractivity contribution is -0.925. The van der Waals surface area contributed by atoms with Crippen molar-refractivity contribution in [1.29, 1.82) is 0 Å². The molecule has 0 aliphatic rings. The van der Waals surface area contributed by atoms with Crippen LogP contribution >= 0.6 is 0 Å². The summed E-state index contributed by atoms with van der Waals surface area (Å²) >= 11 is 0. The minimum Gasteiger partial charge on any atom is -1.00 e. The van der Waals surface area contributed by atoms with Crippen LogP contribution in [0.2, 0.25) is 0 Å². The van der Waals surface area contributed by atoms with E-state index < -0.39 is 0 Å². The van der Waals surface area contributed by atoms with Gasteiger partial charge in [-0.15, -0.1) is 0 Å². The highest BCUT2D eigenvalue weighted by Gasteiger charge is 2.22. The summed E-state index contributed by atoms with van der Waals surface area (Å²) in [6, 6.07) is 0. The Morgan fingerprint density at radius 1 is 0.600 bits per heavy atom. The Morgan fingerprint density at radius 2 is 0.943 bits per heavy atom. The van der Waals surface area contributed by atoms with Gasteiger partial charge in [-0.25, -0.2) is 4.79 Å². The molecule has 0 aromatic carbocycles. The second-order valence-corrected chi connectivity index (χ2v) is 10.5. The van der Waals surface area contributed by atoms with Crippen LogP contribution in [0, 0.1) is 0 Å². The van der Waals surface area contributed by atoms with Gasteiger partial charge in [0.05, 0.1) is 19.6 Å². The fourth-order valence-corrected chi connectivity index (χ4v) is 5.07. The van der Waals surface area contributed by atoms with Crippen molar-refractivity contribution in [2.75, 3.05) is 32.8 Å². The highest BCUT2D eigenvalue weighted by Crippen LogP contribution is 2.16. The average Bonchev–Trinajstić information content (AvgIpc) is 2.86. The number of carbonyl (C=O) groups excluding carboxylic acids is 1. The summed E-state index contributed by atoms with van der Waals surface area (Å²) in [5.74, 6) is -0.302. The zero-order valence-corrected chi connectivity index (χ0v) is 24.9. The fraction of sp³-hybridized carbons (Fsp3) is 0.903. The lowest BCUT2D eigenvalue weighted by Gasteiger charge is -2.36. The Balaban J connectivity index is 0. The van der Waals surface area contributed by atoms with Gasteiger partial charge in [-0.2, -0.15) is 0 Å². The van der Waals surface area contributed by atoms with Crippen molar-refractivity contribution in [3.63, 3.8) is 0 Å². The predicted molar refractivity (Wildman–Crippen MR) is 150 cm³/mol. The van der Waals surface area contributed by atoms with Crippen molar-refractivity contribution in [2.45, 2.75) is 149 Å². The van der Waals surface area contributed by atoms with Gasteiger partial charge in [-0.05, 0) is 26.7 Å². The minimum absolute atomic E-state index is 0. The standard InChI is InChI=1S/C31H62NO2.ClH/c1-5-9-10-11-12-13-14-15-16-17-18-19-20-21-22-23-24-25-26-27-28-32(7-3,8-4)29-30-34-31(33)6-2;/h6H,2,5,7-30H2,1,3-4H3;1H/q+1;/p-1. The Hall–Kier alpha value is -0.540. The van der Waals surface area contributed by atoms with Gasteiger partial charge >= 0.3 is 5.97 Å². The molecule has 0 N–H and O–H groups in total. The van der Waals surface area contributed by atoms with Crippen molar-refractivity contribution >= 4 is 5.97 Å². The molecule has 0 aromatic rings. The fourth-order valence-electron chi connectivity index (χ4n) is 5.07. The highest BCUT2D eigenvalue weighted by atomic mass is 35.5. The second-order valence-electron chi connectivity index (χ2n) is 10.5. The Morgan fingerprint density at radius 3 is 1.26 bits per heavy atom. The minimum atomic E-state index is -0.302. The predicted octanol–water partition coefficient (Wildman–Crippen LogP) is 6.40. The second kappa shape index (κ2) is 28.0. The lowest BCUT2D eigenvalue weighted by atomic mass is 10.0. The first-order valence-corrected chi connectivity index (χ1v) is 15.3. The van der Waals surface area contributed by atoms with Gasteiger partial charge in [0.25, 0.3) is 0 Å². The molecule has 0 atom stereocenters. The van der Waals surface area contributed by atoms with Gasteiger partial charge < -0.3 is 21.6 Å². The summed E-state index contributed by atoms with van der Waals surface area (Å²) in [6.07, 6.45) is 29.8. The molecule has 3 nitrogen and oxygen atoms in total. The molecule has 0 saturated carbocycles. The van der Waals surface area contributed by atoms with E-state index in [1.807, 2.05) is 0 Å². The van der Waals surface area contributed by atoms with Crippen molar-refractivity contribution in [3.8, 4) is 0 Å². The highest BCUT2D eigenvalue weighted by molar-refractivity contribution is 5.81. The molecule has 0 unspecified atom stereocenters. The molecule has 0 aliphatic heterocycles. The van der Waals surface area contributed by atoms with Gasteiger partial charge in [0.1, 0.15) is 13.2 Å². The van der Waals surface area contributed by atoms with E-state index in [4.69, 9.17) is 4.74 Å². The Bertz CT molecular complexity index is 451. The number of esters is 1. The maximum atomic E-state index is 11.3. The van der Waals surface area contributed by atoms with Crippen molar-refractivity contribution in [2.24, 2.45) is 0 Å². The molecule has 0 fully saturated rings. The van der Waals surface area contributed by atoms with Crippen molar-refractivity contribution < 1.29 is 26.4 Å². The number of hydrogen-bond donors (Lipinski definition) is 0. The third-order valence-corrected chi connectivity index (χ3v) is 7.80. The number of quaternary nitrogens is 1. The van der Waals surface area contributed by atoms with Crippen LogP contribution in [0.1, 0.15) is 149 Å². The Kier molecular flexibility index (Phi) is 29.3. The van der Waals surface area contributed by atoms with Crippen LogP contribution in [0.4, 0.5) is 0 Å². The molecule has 0 aromatic heterocycles. The van der Waals surface area contributed by atoms with Crippen LogP contribution in [-0.4, -0.2) is 43.2 Å². The molecule has 0 radical (unpaired) electrons. The number of rotatable bonds is 27. The topological polar surface area (TPSA) is 26.3 Å². The molecule has 0 aliphatic carbocycles. The molecule has 0 bridgehead atoms. The first-order chi connectivity index (χ1) is 16.6. The van der Waals surface area contributed by atoms with Crippen LogP contribution in [-0.2, 0) is 9.53 Å². The van der Waals surface area contributed by atoms with Gasteiger partial charge in [0, 0.05) is 6.08 Å². The first kappa shape index (κ1) is 36.6. The van der Waals surface area contributed by atoms with Gasteiger partial charge in [-0.3, -0.25) is 0 Å². The van der Waals surface area contributed by atoms with Crippen molar-refractivity contribution in [3.05, 3.63) is 12.7 Å². The summed E-state index contributed by atoms with van der Waals surface area (Å²) in [4.78, 5) is 11.3. The number of unbranched alkanes of at least 4 members (excludes halogenated alkanes) is 19. The molecular formula is C31H62ClNO2. The monoisotopic (exact) mass is 515 g/mol. The van der Waals surface area contributed by atoms with Gasteiger partial charge in [0.15, 0.2) is 0 Å². The van der Waals surface area contributed by atoms with E-state index in [1.54, 1.807) is 0 Å². The lowest BCUT2D eigenvalue weighted by Crippen LogP contribution is -3.00. The quantitative estimate of drug-likeness (QED) is 0.0547. The van der Waals surface area contributed by atoms with Crippen LogP contribution in [0.3, 0.4) is 0 Å². The third-order valence-electron chi connectivity index (χ3n) is 7.80. The number of halogens is 1. The molecule has 0 amide bonds. The van der Waals surface area contributed by atoms with Crippen LogP contribution in [0.15, 0.2) is 12.7 Å². The molecule has 0 spiro atoms. The molecule has 4 heteroatoms. The average molecular weight is 516 g/mol. The zero-order valence-electron chi connectivity index (χ0n) is 24.1. The molecular weight excluding hydrogens is 454 g/mol. The normalized spacial score (nSPS) is 11.3. The molecule has 35 heavy (non-hydrogen) atoms. The third kappa shape index (κ3) is 23.6. The van der Waals surface area contributed by atoms with E-state index in [2.05, 4.69) is 27.4 Å². The van der Waals surface area contributed by atoms with E-state index in [0.29, 0.717) is 6.61 Å². The molecule has 0 saturated heterocycles. The largest absolute Gasteiger partial charge is 1.00 e. The van der Waals surface area contributed by atoms with E-state index in [1.165, 1.54) is 141 Å². The maximum Gasteiger partial charge on any atom is 0.330 e. The molecule has 0 heterocycles. The number of carbonyl (C=O) groups is 1. The van der Waals surface area contributed by atoms with Gasteiger partial charge in [-0.1, -0.05) is 129 Å². The van der Waals surface area contributed by atoms with Crippen molar-refractivity contribution in [1.82, 2.24) is 0 Å². The number of ether oxygens (including phenoxy) is 1. The molecule has 210 valence electrons. The first-order valence-electron chi connectivity index (χ1n) is 15.3. The van der Waals surface area contributed by atoms with E-state index in [9.17, 15) is 4.79 Å². The number of hydrogen-bond acceptors (Lipinski definition) is 2.